The average Bonchev–Trinajstić information content (AvgIpc) is 1.85. The number of nitrogens with two attached hydrogens (primary N) is 1. The molecule has 0 aromatic rings. The zero-order valence-electron chi connectivity index (χ0n) is 6.39. The van der Waals surface area contributed by atoms with Crippen molar-refractivity contribution in [2.45, 2.75) is 39.2 Å². The molecule has 2 nitrogen and oxygen atoms in total. The summed E-state index contributed by atoms with van der Waals surface area (Å²) in [6.45, 7) is 4.59. The molecule has 0 amide bonds. The second-order valence-corrected chi connectivity index (χ2v) is 2.29. The number of rotatable bonds is 5. The van der Waals surface area contributed by atoms with Gasteiger partial charge in [0, 0.05) is 0 Å². The van der Waals surface area contributed by atoms with E-state index in [1.165, 1.54) is 12.8 Å². The van der Waals surface area contributed by atoms with Crippen LogP contribution in [-0.4, -0.2) is 12.8 Å². The first-order valence-electron chi connectivity index (χ1n) is 3.63. The fourth-order valence-corrected chi connectivity index (χ4v) is 0.739. The van der Waals surface area contributed by atoms with Crippen LogP contribution in [0.5, 0.6) is 0 Å². The molecule has 0 aliphatic rings. The van der Waals surface area contributed by atoms with E-state index in [1.807, 2.05) is 0 Å². The molecule has 0 aliphatic heterocycles. The predicted molar refractivity (Wildman–Crippen MR) is 39.1 cm³/mol. The maximum Gasteiger partial charge on any atom is 0.0943 e. The van der Waals surface area contributed by atoms with Crippen LogP contribution in [0.1, 0.15) is 33.1 Å². The van der Waals surface area contributed by atoms with Crippen molar-refractivity contribution in [3.05, 3.63) is 0 Å². The first-order valence-corrected chi connectivity index (χ1v) is 3.63. The van der Waals surface area contributed by atoms with Crippen LogP contribution in [0.15, 0.2) is 0 Å². The van der Waals surface area contributed by atoms with Gasteiger partial charge in [-0.2, -0.15) is 0 Å². The Morgan fingerprint density at radius 2 is 2.22 bits per heavy atom. The van der Waals surface area contributed by atoms with E-state index in [0.29, 0.717) is 12.8 Å². The SMILES string of the molecule is CCCCC(C)OCN. The molecule has 0 spiro atoms. The minimum absolute atomic E-state index is 0.343. The summed E-state index contributed by atoms with van der Waals surface area (Å²) in [4.78, 5) is 0. The highest BCUT2D eigenvalue weighted by Gasteiger charge is 1.97. The highest BCUT2D eigenvalue weighted by atomic mass is 16.5. The van der Waals surface area contributed by atoms with Crippen LogP contribution in [0, 0.1) is 0 Å². The lowest BCUT2D eigenvalue weighted by Crippen LogP contribution is -2.14. The summed E-state index contributed by atoms with van der Waals surface area (Å²) in [5.41, 5.74) is 5.18. The second kappa shape index (κ2) is 6.05. The van der Waals surface area contributed by atoms with Gasteiger partial charge in [0.2, 0.25) is 0 Å². The molecule has 0 saturated carbocycles. The molecule has 1 unspecified atom stereocenters. The molecule has 0 heterocycles. The highest BCUT2D eigenvalue weighted by Crippen LogP contribution is 2.01. The lowest BCUT2D eigenvalue weighted by molar-refractivity contribution is 0.0637. The second-order valence-electron chi connectivity index (χ2n) is 2.29. The topological polar surface area (TPSA) is 35.2 Å². The van der Waals surface area contributed by atoms with Gasteiger partial charge < -0.3 is 10.5 Å². The summed E-state index contributed by atoms with van der Waals surface area (Å²) in [7, 11) is 0. The molecule has 0 aliphatic carbocycles. The lowest BCUT2D eigenvalue weighted by Gasteiger charge is -2.08. The Labute approximate surface area is 57.4 Å². The molecule has 0 aromatic heterocycles. The molecule has 2 N–H and O–H groups in total. The molecule has 0 saturated heterocycles. The molecular formula is C7H17NO. The normalized spacial score (nSPS) is 13.7. The van der Waals surface area contributed by atoms with E-state index in [2.05, 4.69) is 13.8 Å². The van der Waals surface area contributed by atoms with E-state index in [4.69, 9.17) is 10.5 Å². The molecule has 2 heteroatoms. The third-order valence-electron chi connectivity index (χ3n) is 1.34. The number of hydrogen-bond donors (Lipinski definition) is 1. The Morgan fingerprint density at radius 3 is 2.67 bits per heavy atom. The van der Waals surface area contributed by atoms with Crippen molar-refractivity contribution < 1.29 is 4.74 Å². The Morgan fingerprint density at radius 1 is 1.56 bits per heavy atom. The zero-order valence-corrected chi connectivity index (χ0v) is 6.39. The van der Waals surface area contributed by atoms with Crippen LogP contribution < -0.4 is 5.73 Å². The van der Waals surface area contributed by atoms with Crippen molar-refractivity contribution in [1.29, 1.82) is 0 Å². The van der Waals surface area contributed by atoms with Crippen LogP contribution in [0.3, 0.4) is 0 Å². The maximum absolute atomic E-state index is 5.18. The molecule has 1 atom stereocenters. The van der Waals surface area contributed by atoms with Gasteiger partial charge in [0.1, 0.15) is 0 Å². The van der Waals surface area contributed by atoms with Crippen molar-refractivity contribution in [1.82, 2.24) is 0 Å². The first kappa shape index (κ1) is 8.92. The van der Waals surface area contributed by atoms with Gasteiger partial charge in [0.05, 0.1) is 12.8 Å². The number of ether oxygens (including phenoxy) is 1. The van der Waals surface area contributed by atoms with E-state index in [1.54, 1.807) is 0 Å². The van der Waals surface area contributed by atoms with Crippen LogP contribution in [0.25, 0.3) is 0 Å². The third-order valence-corrected chi connectivity index (χ3v) is 1.34. The predicted octanol–water partition coefficient (Wildman–Crippen LogP) is 1.50. The summed E-state index contributed by atoms with van der Waals surface area (Å²) in [5.74, 6) is 0. The van der Waals surface area contributed by atoms with Gasteiger partial charge in [0.15, 0.2) is 0 Å². The van der Waals surface area contributed by atoms with Crippen molar-refractivity contribution in [2.24, 2.45) is 5.73 Å². The lowest BCUT2D eigenvalue weighted by atomic mass is 10.2. The highest BCUT2D eigenvalue weighted by molar-refractivity contribution is 4.47. The minimum Gasteiger partial charge on any atom is -0.364 e. The maximum atomic E-state index is 5.18. The quantitative estimate of drug-likeness (QED) is 0.574. The molecule has 0 radical (unpaired) electrons. The van der Waals surface area contributed by atoms with Gasteiger partial charge in [-0.3, -0.25) is 0 Å². The molecule has 0 bridgehead atoms. The Kier molecular flexibility index (Phi) is 5.99. The first-order chi connectivity index (χ1) is 4.31. The van der Waals surface area contributed by atoms with Crippen LogP contribution >= 0.6 is 0 Å². The van der Waals surface area contributed by atoms with E-state index in [-0.39, 0.29) is 0 Å². The summed E-state index contributed by atoms with van der Waals surface area (Å²) in [5, 5.41) is 0. The largest absolute Gasteiger partial charge is 0.364 e. The molecule has 0 fully saturated rings. The van der Waals surface area contributed by atoms with Crippen LogP contribution in [0.4, 0.5) is 0 Å². The van der Waals surface area contributed by atoms with Gasteiger partial charge in [-0.25, -0.2) is 0 Å². The van der Waals surface area contributed by atoms with Crippen LogP contribution in [0.2, 0.25) is 0 Å². The summed E-state index contributed by atoms with van der Waals surface area (Å²) in [6.07, 6.45) is 3.95. The molecule has 56 valence electrons. The van der Waals surface area contributed by atoms with Gasteiger partial charge in [-0.1, -0.05) is 19.8 Å². The molecular weight excluding hydrogens is 114 g/mol. The minimum atomic E-state index is 0.343. The van der Waals surface area contributed by atoms with Gasteiger partial charge in [-0.05, 0) is 13.3 Å². The molecule has 0 aromatic carbocycles. The molecule has 0 rings (SSSR count). The van der Waals surface area contributed by atoms with Gasteiger partial charge in [-0.15, -0.1) is 0 Å². The van der Waals surface area contributed by atoms with E-state index in [0.717, 1.165) is 6.42 Å². The van der Waals surface area contributed by atoms with E-state index >= 15 is 0 Å². The van der Waals surface area contributed by atoms with Crippen molar-refractivity contribution >= 4 is 0 Å². The standard InChI is InChI=1S/C7H17NO/c1-3-4-5-7(2)9-6-8/h7H,3-6,8H2,1-2H3. The third kappa shape index (κ3) is 5.80. The average molecular weight is 131 g/mol. The summed E-state index contributed by atoms with van der Waals surface area (Å²) >= 11 is 0. The Balaban J connectivity index is 2.95. The Hall–Kier alpha value is -0.0800. The fraction of sp³-hybridized carbons (Fsp3) is 1.00. The van der Waals surface area contributed by atoms with E-state index in [9.17, 15) is 0 Å². The molecule has 9 heavy (non-hydrogen) atoms. The Bertz CT molecular complexity index is 56.9. The summed E-state index contributed by atoms with van der Waals surface area (Å²) in [6, 6.07) is 0. The monoisotopic (exact) mass is 131 g/mol. The zero-order chi connectivity index (χ0) is 7.11. The van der Waals surface area contributed by atoms with E-state index < -0.39 is 0 Å². The number of hydrogen-bond acceptors (Lipinski definition) is 2. The van der Waals surface area contributed by atoms with Crippen molar-refractivity contribution in [2.75, 3.05) is 6.73 Å². The van der Waals surface area contributed by atoms with Crippen LogP contribution in [-0.2, 0) is 4.74 Å². The van der Waals surface area contributed by atoms with Gasteiger partial charge in [0.25, 0.3) is 0 Å². The van der Waals surface area contributed by atoms with Gasteiger partial charge >= 0.3 is 0 Å². The van der Waals surface area contributed by atoms with Crippen molar-refractivity contribution in [3.63, 3.8) is 0 Å². The number of unbranched alkanes of at least 4 members (excludes halogenated alkanes) is 1. The summed E-state index contributed by atoms with van der Waals surface area (Å²) < 4.78 is 5.12. The fourth-order valence-electron chi connectivity index (χ4n) is 0.739. The van der Waals surface area contributed by atoms with Crippen molar-refractivity contribution in [3.8, 4) is 0 Å². The smallest absolute Gasteiger partial charge is 0.0943 e.